The van der Waals surface area contributed by atoms with Crippen molar-refractivity contribution >= 4 is 43.3 Å². The Kier molecular flexibility index (Phi) is 6.80. The molecule has 2 N–H and O–H groups in total. The van der Waals surface area contributed by atoms with Gasteiger partial charge in [-0.25, -0.2) is 21.9 Å². The van der Waals surface area contributed by atoms with Gasteiger partial charge in [0, 0.05) is 18.1 Å². The number of nitrogens with two attached hydrogens (primary N) is 1. The number of carbonyl (C=O) groups is 1. The first-order valence-electron chi connectivity index (χ1n) is 10.4. The number of hydrogen-bond acceptors (Lipinski definition) is 8. The van der Waals surface area contributed by atoms with Crippen molar-refractivity contribution in [2.45, 2.75) is 16.2 Å². The van der Waals surface area contributed by atoms with Crippen LogP contribution in [0.1, 0.15) is 16.1 Å². The summed E-state index contributed by atoms with van der Waals surface area (Å²) in [7, 11) is -5.69. The zero-order valence-electron chi connectivity index (χ0n) is 18.9. The van der Waals surface area contributed by atoms with Crippen molar-refractivity contribution < 1.29 is 25.9 Å². The minimum atomic E-state index is -3.95. The minimum Gasteiger partial charge on any atom is -0.364 e. The molecule has 36 heavy (non-hydrogen) atoms. The highest BCUT2D eigenvalue weighted by Gasteiger charge is 2.21. The van der Waals surface area contributed by atoms with Gasteiger partial charge < -0.3 is 10.3 Å². The lowest BCUT2D eigenvalue weighted by Crippen LogP contribution is -2.17. The van der Waals surface area contributed by atoms with Crippen LogP contribution < -0.4 is 10.8 Å². The fourth-order valence-electron chi connectivity index (χ4n) is 3.83. The number of sulfone groups is 1. The van der Waals surface area contributed by atoms with Crippen molar-refractivity contribution in [1.29, 1.82) is 5.26 Å². The fraction of sp³-hybridized carbons (Fsp3) is 0.0833. The van der Waals surface area contributed by atoms with Crippen molar-refractivity contribution in [1.82, 2.24) is 4.57 Å². The summed E-state index contributed by atoms with van der Waals surface area (Å²) in [6, 6.07) is 20.6. The lowest BCUT2D eigenvalue weighted by atomic mass is 10.2. The quantitative estimate of drug-likeness (QED) is 0.263. The third kappa shape index (κ3) is 4.80. The molecule has 184 valence electrons. The lowest BCUT2D eigenvalue weighted by molar-refractivity contribution is 0.0994. The first-order valence-corrected chi connectivity index (χ1v) is 13.0. The molecule has 0 radical (unpaired) electrons. The van der Waals surface area contributed by atoms with Crippen LogP contribution in [-0.4, -0.2) is 34.4 Å². The molecule has 1 aromatic heterocycles. The van der Waals surface area contributed by atoms with Gasteiger partial charge in [-0.2, -0.15) is 9.55 Å². The van der Waals surface area contributed by atoms with Crippen LogP contribution in [0.3, 0.4) is 0 Å². The molecule has 0 saturated heterocycles. The van der Waals surface area contributed by atoms with Gasteiger partial charge in [0.25, 0.3) is 16.9 Å². The maximum atomic E-state index is 13.4. The number of nitrogens with zero attached hydrogens (tertiary/aromatic N) is 3. The van der Waals surface area contributed by atoms with Crippen LogP contribution >= 0.6 is 0 Å². The number of hydroxylamine groups is 1. The van der Waals surface area contributed by atoms with E-state index >= 15 is 0 Å². The summed E-state index contributed by atoms with van der Waals surface area (Å²) in [5.74, 6) is -0.738. The number of fused-ring (bicyclic) bond motifs is 1. The number of benzene rings is 3. The molecule has 3 aromatic carbocycles. The highest BCUT2D eigenvalue weighted by Crippen LogP contribution is 2.30. The van der Waals surface area contributed by atoms with E-state index in [0.29, 0.717) is 27.8 Å². The Morgan fingerprint density at radius 3 is 2.42 bits per heavy atom. The smallest absolute Gasteiger partial charge is 0.277 e. The summed E-state index contributed by atoms with van der Waals surface area (Å²) >= 11 is 0. The molecule has 0 fully saturated rings. The number of aromatic nitrogens is 1. The molecule has 0 aliphatic rings. The molecule has 12 heteroatoms. The summed E-state index contributed by atoms with van der Waals surface area (Å²) < 4.78 is 54.9. The van der Waals surface area contributed by atoms with E-state index in [-0.39, 0.29) is 21.9 Å². The van der Waals surface area contributed by atoms with Crippen molar-refractivity contribution in [2.24, 2.45) is 5.73 Å². The molecule has 0 unspecified atom stereocenters. The highest BCUT2D eigenvalue weighted by atomic mass is 32.2. The van der Waals surface area contributed by atoms with Gasteiger partial charge in [-0.1, -0.05) is 24.3 Å². The molecule has 0 saturated carbocycles. The number of thiol groups is 1. The fourth-order valence-corrected chi connectivity index (χ4v) is 5.50. The van der Waals surface area contributed by atoms with Crippen molar-refractivity contribution in [3.8, 4) is 11.8 Å². The topological polar surface area (TPSA) is 153 Å². The van der Waals surface area contributed by atoms with Crippen LogP contribution in [0.15, 0.2) is 82.6 Å². The number of amides is 1. The summed E-state index contributed by atoms with van der Waals surface area (Å²) in [5.41, 5.74) is 7.49. The Morgan fingerprint density at radius 1 is 1.06 bits per heavy atom. The maximum Gasteiger partial charge on any atom is 0.277 e. The summed E-state index contributed by atoms with van der Waals surface area (Å²) in [6.07, 6.45) is 0.0712. The van der Waals surface area contributed by atoms with Gasteiger partial charge in [-0.3, -0.25) is 4.79 Å². The second-order valence-corrected chi connectivity index (χ2v) is 10.3. The second-order valence-electron chi connectivity index (χ2n) is 7.76. The average molecular weight is 525 g/mol. The highest BCUT2D eigenvalue weighted by molar-refractivity contribution is 7.91. The van der Waals surface area contributed by atoms with Crippen molar-refractivity contribution in [2.75, 3.05) is 12.1 Å². The van der Waals surface area contributed by atoms with Crippen LogP contribution in [0.25, 0.3) is 16.6 Å². The van der Waals surface area contributed by atoms with E-state index in [1.54, 1.807) is 48.5 Å². The Balaban J connectivity index is 1.88. The van der Waals surface area contributed by atoms with E-state index in [1.807, 2.05) is 6.07 Å². The molecule has 4 rings (SSSR count). The summed E-state index contributed by atoms with van der Waals surface area (Å²) in [5, 5.41) is 10.6. The van der Waals surface area contributed by atoms with Crippen LogP contribution in [-0.2, 0) is 31.5 Å². The van der Waals surface area contributed by atoms with Gasteiger partial charge in [0.15, 0.2) is 0 Å². The Labute approximate surface area is 208 Å². The molecular weight excluding hydrogens is 504 g/mol. The van der Waals surface area contributed by atoms with Gasteiger partial charge in [-0.05, 0) is 54.1 Å². The Hall–Kier alpha value is -4.18. The van der Waals surface area contributed by atoms with Gasteiger partial charge in [0.2, 0.25) is 9.84 Å². The second kappa shape index (κ2) is 9.82. The van der Waals surface area contributed by atoms with E-state index in [9.17, 15) is 21.6 Å². The van der Waals surface area contributed by atoms with Crippen LogP contribution in [0.5, 0.6) is 0 Å². The monoisotopic (exact) mass is 524 g/mol. The predicted molar refractivity (Wildman–Crippen MR) is 133 cm³/mol. The normalized spacial score (nSPS) is 11.5. The van der Waals surface area contributed by atoms with E-state index in [0.717, 1.165) is 5.06 Å². The maximum absolute atomic E-state index is 13.4. The van der Waals surface area contributed by atoms with E-state index in [2.05, 4.69) is 0 Å². The zero-order chi connectivity index (χ0) is 26.0. The molecule has 1 heterocycles. The molecular formula is C24H20N4O6S2. The number of hydrogen-bond donors (Lipinski definition) is 2. The molecule has 1 amide bonds. The van der Waals surface area contributed by atoms with Gasteiger partial charge in [-0.15, -0.1) is 0 Å². The molecule has 0 bridgehead atoms. The van der Waals surface area contributed by atoms with Crippen molar-refractivity contribution in [3.05, 3.63) is 84.1 Å². The average Bonchev–Trinajstić information content (AvgIpc) is 3.23. The lowest BCUT2D eigenvalue weighted by Gasteiger charge is -2.16. The third-order valence-corrected chi connectivity index (χ3v) is 7.60. The molecule has 0 aliphatic carbocycles. The standard InChI is InChI=1S/C24H20N4O6S2/c1-27(34-35(30)31)18-9-8-17-13-23(24(26)29)28(22(17)15-18)19-5-3-7-21(14-19)36(32,33)20-6-2-4-16(12-20)10-11-25/h2-9,12-15,35H,10H2,1H3,(H2,26,29). The van der Waals surface area contributed by atoms with E-state index in [4.69, 9.17) is 15.3 Å². The summed E-state index contributed by atoms with van der Waals surface area (Å²) in [6.45, 7) is 0. The first-order chi connectivity index (χ1) is 17.1. The predicted octanol–water partition coefficient (Wildman–Crippen LogP) is 2.52. The van der Waals surface area contributed by atoms with Crippen LogP contribution in [0.4, 0.5) is 5.69 Å². The SMILES string of the molecule is CN(O[SH](=O)=O)c1ccc2cc(C(N)=O)n(-c3cccc(S(=O)(=O)c4cccc(CC#N)c4)c3)c2c1. The number of anilines is 1. The Morgan fingerprint density at radius 2 is 1.75 bits per heavy atom. The van der Waals surface area contributed by atoms with Gasteiger partial charge >= 0.3 is 0 Å². The number of nitriles is 1. The number of carbonyl (C=O) groups excluding carboxylic acids is 1. The first kappa shape index (κ1) is 24.9. The molecule has 10 nitrogen and oxygen atoms in total. The number of rotatable bonds is 8. The van der Waals surface area contributed by atoms with Crippen molar-refractivity contribution in [3.63, 3.8) is 0 Å². The van der Waals surface area contributed by atoms with E-state index < -0.39 is 26.7 Å². The van der Waals surface area contributed by atoms with Crippen LogP contribution in [0.2, 0.25) is 0 Å². The minimum absolute atomic E-state index is 0.0219. The number of primary amides is 1. The molecule has 0 atom stereocenters. The molecule has 4 aromatic rings. The van der Waals surface area contributed by atoms with Gasteiger partial charge in [0.1, 0.15) is 5.69 Å². The Bertz CT molecular complexity index is 1710. The zero-order valence-corrected chi connectivity index (χ0v) is 20.6. The third-order valence-electron chi connectivity index (χ3n) is 5.47. The van der Waals surface area contributed by atoms with E-state index in [1.165, 1.54) is 35.9 Å². The van der Waals surface area contributed by atoms with Crippen LogP contribution in [0, 0.1) is 11.3 Å². The molecule has 0 spiro atoms. The largest absolute Gasteiger partial charge is 0.364 e. The summed E-state index contributed by atoms with van der Waals surface area (Å²) in [4.78, 5) is 12.3. The van der Waals surface area contributed by atoms with Gasteiger partial charge in [0.05, 0.1) is 33.5 Å². The molecule has 0 aliphatic heterocycles.